The SMILES string of the molecule is CCC(C)C(=O)Nc1cc([N+](=O)[O-])ccc1C(=O)O. The molecule has 0 bridgehead atoms. The molecule has 1 unspecified atom stereocenters. The molecule has 2 N–H and O–H groups in total. The Morgan fingerprint density at radius 1 is 1.47 bits per heavy atom. The van der Waals surface area contributed by atoms with Gasteiger partial charge in [0.2, 0.25) is 5.91 Å². The van der Waals surface area contributed by atoms with Crippen LogP contribution in [0.25, 0.3) is 0 Å². The molecular formula is C12H14N2O5. The van der Waals surface area contributed by atoms with Crippen molar-refractivity contribution in [2.45, 2.75) is 20.3 Å². The zero-order valence-electron chi connectivity index (χ0n) is 10.5. The van der Waals surface area contributed by atoms with Crippen LogP contribution in [0.2, 0.25) is 0 Å². The highest BCUT2D eigenvalue weighted by Gasteiger charge is 2.19. The van der Waals surface area contributed by atoms with E-state index in [0.717, 1.165) is 18.2 Å². The van der Waals surface area contributed by atoms with E-state index in [2.05, 4.69) is 5.32 Å². The van der Waals surface area contributed by atoms with E-state index in [9.17, 15) is 19.7 Å². The van der Waals surface area contributed by atoms with Crippen LogP contribution in [0, 0.1) is 16.0 Å². The molecular weight excluding hydrogens is 252 g/mol. The van der Waals surface area contributed by atoms with E-state index in [4.69, 9.17) is 5.11 Å². The maximum atomic E-state index is 11.7. The highest BCUT2D eigenvalue weighted by atomic mass is 16.6. The van der Waals surface area contributed by atoms with Crippen molar-refractivity contribution >= 4 is 23.3 Å². The van der Waals surface area contributed by atoms with Crippen LogP contribution >= 0.6 is 0 Å². The van der Waals surface area contributed by atoms with Gasteiger partial charge in [-0.15, -0.1) is 0 Å². The van der Waals surface area contributed by atoms with Gasteiger partial charge in [-0.05, 0) is 12.5 Å². The second-order valence-corrected chi connectivity index (χ2v) is 4.09. The number of carbonyl (C=O) groups excluding carboxylic acids is 1. The summed E-state index contributed by atoms with van der Waals surface area (Å²) >= 11 is 0. The van der Waals surface area contributed by atoms with Crippen LogP contribution in [-0.4, -0.2) is 21.9 Å². The van der Waals surface area contributed by atoms with Gasteiger partial charge >= 0.3 is 5.97 Å². The molecule has 7 heteroatoms. The third-order valence-corrected chi connectivity index (χ3v) is 2.76. The van der Waals surface area contributed by atoms with E-state index >= 15 is 0 Å². The molecule has 0 heterocycles. The fourth-order valence-electron chi connectivity index (χ4n) is 1.38. The fourth-order valence-corrected chi connectivity index (χ4v) is 1.38. The standard InChI is InChI=1S/C12H14N2O5/c1-3-7(2)11(15)13-10-6-8(14(18)19)4-5-9(10)12(16)17/h4-7H,3H2,1-2H3,(H,13,15)(H,16,17). The van der Waals surface area contributed by atoms with E-state index in [-0.39, 0.29) is 28.8 Å². The molecule has 1 atom stereocenters. The van der Waals surface area contributed by atoms with Gasteiger partial charge in [-0.3, -0.25) is 14.9 Å². The number of nitro groups is 1. The highest BCUT2D eigenvalue weighted by molar-refractivity contribution is 6.01. The molecule has 0 aromatic heterocycles. The smallest absolute Gasteiger partial charge is 0.337 e. The van der Waals surface area contributed by atoms with Gasteiger partial charge in [0.25, 0.3) is 5.69 Å². The number of nitrogens with zero attached hydrogens (tertiary/aromatic N) is 1. The largest absolute Gasteiger partial charge is 0.478 e. The third kappa shape index (κ3) is 3.51. The van der Waals surface area contributed by atoms with Crippen LogP contribution in [0.3, 0.4) is 0 Å². The molecule has 102 valence electrons. The normalized spacial score (nSPS) is 11.7. The minimum Gasteiger partial charge on any atom is -0.478 e. The number of nitrogens with one attached hydrogen (secondary N) is 1. The predicted molar refractivity (Wildman–Crippen MR) is 68.1 cm³/mol. The minimum absolute atomic E-state index is 0.0630. The molecule has 0 aliphatic carbocycles. The van der Waals surface area contributed by atoms with Gasteiger partial charge in [-0.2, -0.15) is 0 Å². The van der Waals surface area contributed by atoms with E-state index < -0.39 is 10.9 Å². The molecule has 1 aromatic carbocycles. The number of anilines is 1. The van der Waals surface area contributed by atoms with Gasteiger partial charge < -0.3 is 10.4 Å². The molecule has 1 amide bonds. The van der Waals surface area contributed by atoms with Gasteiger partial charge in [0, 0.05) is 18.1 Å². The highest BCUT2D eigenvalue weighted by Crippen LogP contribution is 2.23. The average molecular weight is 266 g/mol. The van der Waals surface area contributed by atoms with Crippen molar-refractivity contribution in [3.63, 3.8) is 0 Å². The summed E-state index contributed by atoms with van der Waals surface area (Å²) in [5.74, 6) is -1.93. The monoisotopic (exact) mass is 266 g/mol. The Hall–Kier alpha value is -2.44. The van der Waals surface area contributed by atoms with E-state index in [1.165, 1.54) is 0 Å². The lowest BCUT2D eigenvalue weighted by molar-refractivity contribution is -0.384. The van der Waals surface area contributed by atoms with Gasteiger partial charge in [0.15, 0.2) is 0 Å². The Labute approximate surface area is 109 Å². The Balaban J connectivity index is 3.14. The van der Waals surface area contributed by atoms with Crippen LogP contribution < -0.4 is 5.32 Å². The van der Waals surface area contributed by atoms with Crippen molar-refractivity contribution in [3.8, 4) is 0 Å². The van der Waals surface area contributed by atoms with Crippen molar-refractivity contribution < 1.29 is 19.6 Å². The zero-order chi connectivity index (χ0) is 14.6. The number of hydrogen-bond donors (Lipinski definition) is 2. The summed E-state index contributed by atoms with van der Waals surface area (Å²) in [5.41, 5.74) is -0.515. The molecule has 0 fully saturated rings. The lowest BCUT2D eigenvalue weighted by Gasteiger charge is -2.11. The number of carboxylic acid groups (broad SMARTS) is 1. The number of hydrogen-bond acceptors (Lipinski definition) is 4. The average Bonchev–Trinajstić information content (AvgIpc) is 2.37. The number of carbonyl (C=O) groups is 2. The van der Waals surface area contributed by atoms with Crippen LogP contribution in [0.4, 0.5) is 11.4 Å². The summed E-state index contributed by atoms with van der Waals surface area (Å²) in [6.07, 6.45) is 0.586. The zero-order valence-corrected chi connectivity index (χ0v) is 10.5. The fraction of sp³-hybridized carbons (Fsp3) is 0.333. The summed E-state index contributed by atoms with van der Waals surface area (Å²) in [6.45, 7) is 3.50. The Bertz CT molecular complexity index is 527. The van der Waals surface area contributed by atoms with E-state index in [0.29, 0.717) is 6.42 Å². The third-order valence-electron chi connectivity index (χ3n) is 2.76. The number of rotatable bonds is 5. The van der Waals surface area contributed by atoms with Gasteiger partial charge in [0.1, 0.15) is 0 Å². The van der Waals surface area contributed by atoms with Gasteiger partial charge in [-0.25, -0.2) is 4.79 Å². The molecule has 7 nitrogen and oxygen atoms in total. The minimum atomic E-state index is -1.26. The molecule has 1 aromatic rings. The molecule has 0 saturated carbocycles. The first-order valence-corrected chi connectivity index (χ1v) is 5.69. The van der Waals surface area contributed by atoms with Crippen molar-refractivity contribution in [1.82, 2.24) is 0 Å². The Kier molecular flexibility index (Phi) is 4.57. The number of aromatic carboxylic acids is 1. The topological polar surface area (TPSA) is 110 Å². The first kappa shape index (κ1) is 14.6. The second-order valence-electron chi connectivity index (χ2n) is 4.09. The van der Waals surface area contributed by atoms with Crippen molar-refractivity contribution in [3.05, 3.63) is 33.9 Å². The van der Waals surface area contributed by atoms with Crippen molar-refractivity contribution in [2.75, 3.05) is 5.32 Å². The van der Waals surface area contributed by atoms with E-state index in [1.807, 2.05) is 6.92 Å². The molecule has 0 radical (unpaired) electrons. The number of amides is 1. The maximum absolute atomic E-state index is 11.7. The first-order chi connectivity index (χ1) is 8.86. The summed E-state index contributed by atoms with van der Waals surface area (Å²) in [6, 6.07) is 3.23. The number of benzene rings is 1. The lowest BCUT2D eigenvalue weighted by atomic mass is 10.1. The van der Waals surface area contributed by atoms with Gasteiger partial charge in [0.05, 0.1) is 16.2 Å². The maximum Gasteiger partial charge on any atom is 0.337 e. The van der Waals surface area contributed by atoms with Crippen LogP contribution in [-0.2, 0) is 4.79 Å². The molecule has 0 aliphatic heterocycles. The molecule has 0 saturated heterocycles. The van der Waals surface area contributed by atoms with Crippen LogP contribution in [0.15, 0.2) is 18.2 Å². The molecule has 0 aliphatic rings. The van der Waals surface area contributed by atoms with Gasteiger partial charge in [-0.1, -0.05) is 13.8 Å². The molecule has 19 heavy (non-hydrogen) atoms. The first-order valence-electron chi connectivity index (χ1n) is 5.69. The summed E-state index contributed by atoms with van der Waals surface area (Å²) in [4.78, 5) is 32.7. The quantitative estimate of drug-likeness (QED) is 0.627. The Morgan fingerprint density at radius 2 is 2.11 bits per heavy atom. The van der Waals surface area contributed by atoms with E-state index in [1.54, 1.807) is 6.92 Å². The number of nitro benzene ring substituents is 1. The summed E-state index contributed by atoms with van der Waals surface area (Å²) < 4.78 is 0. The molecule has 0 spiro atoms. The van der Waals surface area contributed by atoms with Crippen molar-refractivity contribution in [1.29, 1.82) is 0 Å². The summed E-state index contributed by atoms with van der Waals surface area (Å²) in [5, 5.41) is 22.1. The second kappa shape index (κ2) is 5.94. The number of non-ortho nitro benzene ring substituents is 1. The number of carboxylic acids is 1. The predicted octanol–water partition coefficient (Wildman–Crippen LogP) is 2.28. The summed E-state index contributed by atoms with van der Waals surface area (Å²) in [7, 11) is 0. The van der Waals surface area contributed by atoms with Crippen molar-refractivity contribution in [2.24, 2.45) is 5.92 Å². The van der Waals surface area contributed by atoms with Crippen LogP contribution in [0.5, 0.6) is 0 Å². The lowest BCUT2D eigenvalue weighted by Crippen LogP contribution is -2.21. The molecule has 1 rings (SSSR count). The Morgan fingerprint density at radius 3 is 2.58 bits per heavy atom. The van der Waals surface area contributed by atoms with Crippen LogP contribution in [0.1, 0.15) is 30.6 Å².